The summed E-state index contributed by atoms with van der Waals surface area (Å²) >= 11 is 0. The van der Waals surface area contributed by atoms with Crippen molar-refractivity contribution in [2.45, 2.75) is 6.92 Å². The van der Waals surface area contributed by atoms with Crippen LogP contribution in [0.15, 0.2) is 60.4 Å². The first kappa shape index (κ1) is 21.1. The molecule has 0 bridgehead atoms. The Bertz CT molecular complexity index is 1260. The molecule has 0 saturated heterocycles. The molecule has 0 saturated carbocycles. The molecule has 3 aromatic rings. The Balaban J connectivity index is 1.64. The maximum atomic E-state index is 13.4. The molecular weight excluding hydrogens is 415 g/mol. The lowest BCUT2D eigenvalue weighted by Crippen LogP contribution is -2.09. The van der Waals surface area contributed by atoms with Crippen molar-refractivity contribution in [2.75, 3.05) is 14.2 Å². The number of hydrogen-bond acceptors (Lipinski definition) is 6. The first-order valence-corrected chi connectivity index (χ1v) is 9.69. The van der Waals surface area contributed by atoms with Crippen LogP contribution in [0.5, 0.6) is 23.0 Å². The first-order valence-electron chi connectivity index (χ1n) is 9.69. The van der Waals surface area contributed by atoms with Crippen LogP contribution in [0.2, 0.25) is 0 Å². The van der Waals surface area contributed by atoms with Crippen LogP contribution >= 0.6 is 0 Å². The number of rotatable bonds is 5. The molecule has 1 aliphatic rings. The van der Waals surface area contributed by atoms with Gasteiger partial charge in [0.15, 0.2) is 17.3 Å². The van der Waals surface area contributed by atoms with Crippen LogP contribution in [0, 0.1) is 12.7 Å². The normalized spacial score (nSPS) is 13.5. The first-order chi connectivity index (χ1) is 15.4. The molecule has 0 radical (unpaired) electrons. The van der Waals surface area contributed by atoms with Crippen molar-refractivity contribution in [3.8, 4) is 23.0 Å². The molecule has 0 unspecified atom stereocenters. The second-order valence-corrected chi connectivity index (χ2v) is 6.99. The molecule has 1 aliphatic heterocycles. The maximum Gasteiger partial charge on any atom is 0.343 e. The Morgan fingerprint density at radius 2 is 1.78 bits per heavy atom. The van der Waals surface area contributed by atoms with Gasteiger partial charge in [0.25, 0.3) is 0 Å². The fraction of sp³-hybridized carbons (Fsp3) is 0.120. The van der Waals surface area contributed by atoms with E-state index >= 15 is 0 Å². The van der Waals surface area contributed by atoms with Crippen LogP contribution in [0.25, 0.3) is 6.08 Å². The quantitative estimate of drug-likeness (QED) is 0.320. The maximum absolute atomic E-state index is 13.4. The second-order valence-electron chi connectivity index (χ2n) is 6.99. The zero-order valence-electron chi connectivity index (χ0n) is 17.6. The summed E-state index contributed by atoms with van der Waals surface area (Å²) in [6.45, 7) is 1.68. The summed E-state index contributed by atoms with van der Waals surface area (Å²) in [4.78, 5) is 25.3. The van der Waals surface area contributed by atoms with Gasteiger partial charge in [0, 0.05) is 11.1 Å². The van der Waals surface area contributed by atoms with E-state index in [1.54, 1.807) is 31.2 Å². The third kappa shape index (κ3) is 3.80. The summed E-state index contributed by atoms with van der Waals surface area (Å²) in [5.41, 5.74) is 1.51. The Kier molecular flexibility index (Phi) is 5.64. The fourth-order valence-electron chi connectivity index (χ4n) is 3.42. The molecule has 0 atom stereocenters. The predicted molar refractivity (Wildman–Crippen MR) is 115 cm³/mol. The van der Waals surface area contributed by atoms with Crippen molar-refractivity contribution >= 4 is 17.8 Å². The summed E-state index contributed by atoms with van der Waals surface area (Å²) in [5.74, 6) is 0.0392. The number of carbonyl (C=O) groups excluding carboxylic acids is 2. The lowest BCUT2D eigenvalue weighted by Gasteiger charge is -2.11. The van der Waals surface area contributed by atoms with E-state index in [9.17, 15) is 14.0 Å². The van der Waals surface area contributed by atoms with Crippen LogP contribution < -0.4 is 18.9 Å². The SMILES string of the molecule is COc1cccc(/C=C2\Oc3c(ccc(OC(=O)c4cccc(F)c4)c3C)C2=O)c1OC. The molecule has 3 aromatic carbocycles. The van der Waals surface area contributed by atoms with Gasteiger partial charge in [0.05, 0.1) is 25.3 Å². The molecule has 0 spiro atoms. The van der Waals surface area contributed by atoms with Gasteiger partial charge in [-0.15, -0.1) is 0 Å². The fourth-order valence-corrected chi connectivity index (χ4v) is 3.42. The summed E-state index contributed by atoms with van der Waals surface area (Å²) in [6.07, 6.45) is 1.57. The van der Waals surface area contributed by atoms with Gasteiger partial charge in [-0.05, 0) is 49.4 Å². The van der Waals surface area contributed by atoms with Crippen LogP contribution in [-0.4, -0.2) is 26.0 Å². The van der Waals surface area contributed by atoms with E-state index < -0.39 is 11.8 Å². The molecule has 162 valence electrons. The number of hydrogen-bond donors (Lipinski definition) is 0. The molecule has 0 amide bonds. The summed E-state index contributed by atoms with van der Waals surface area (Å²) in [7, 11) is 3.03. The number of Topliss-reactive ketones (excluding diaryl/α,β-unsaturated/α-hetero) is 1. The lowest BCUT2D eigenvalue weighted by atomic mass is 10.1. The lowest BCUT2D eigenvalue weighted by molar-refractivity contribution is 0.0732. The van der Waals surface area contributed by atoms with Crippen molar-refractivity contribution in [3.63, 3.8) is 0 Å². The van der Waals surface area contributed by atoms with Gasteiger partial charge in [-0.3, -0.25) is 4.79 Å². The smallest absolute Gasteiger partial charge is 0.343 e. The minimum Gasteiger partial charge on any atom is -0.493 e. The molecule has 7 heteroatoms. The molecule has 0 aliphatic carbocycles. The highest BCUT2D eigenvalue weighted by atomic mass is 19.1. The number of allylic oxidation sites excluding steroid dienone is 1. The Hall–Kier alpha value is -4.13. The Morgan fingerprint density at radius 1 is 1.00 bits per heavy atom. The molecule has 4 rings (SSSR count). The third-order valence-electron chi connectivity index (χ3n) is 5.02. The van der Waals surface area contributed by atoms with Crippen LogP contribution in [0.3, 0.4) is 0 Å². The van der Waals surface area contributed by atoms with Crippen LogP contribution in [0.1, 0.15) is 31.8 Å². The number of halogens is 1. The van der Waals surface area contributed by atoms with E-state index in [2.05, 4.69) is 0 Å². The van der Waals surface area contributed by atoms with Crippen molar-refractivity contribution in [2.24, 2.45) is 0 Å². The standard InChI is InChI=1S/C25H19FO6/c1-14-19(32-25(28)16-7-4-8-17(26)12-16)11-10-18-22(27)21(31-23(14)18)13-15-6-5-9-20(29-2)24(15)30-3/h4-13H,1-3H3/b21-13-. The zero-order valence-corrected chi connectivity index (χ0v) is 17.6. The summed E-state index contributed by atoms with van der Waals surface area (Å²) in [5, 5.41) is 0. The molecule has 32 heavy (non-hydrogen) atoms. The number of benzene rings is 3. The average Bonchev–Trinajstić information content (AvgIpc) is 3.11. The van der Waals surface area contributed by atoms with Crippen molar-refractivity contribution < 1.29 is 32.9 Å². The van der Waals surface area contributed by atoms with Gasteiger partial charge in [-0.1, -0.05) is 18.2 Å². The highest BCUT2D eigenvalue weighted by Gasteiger charge is 2.31. The highest BCUT2D eigenvalue weighted by Crippen LogP contribution is 2.40. The molecule has 0 aromatic heterocycles. The van der Waals surface area contributed by atoms with Crippen LogP contribution in [0.4, 0.5) is 4.39 Å². The minimum absolute atomic E-state index is 0.0765. The second kappa shape index (κ2) is 8.55. The van der Waals surface area contributed by atoms with E-state index in [-0.39, 0.29) is 22.9 Å². The number of esters is 1. The number of carbonyl (C=O) groups is 2. The van der Waals surface area contributed by atoms with Crippen molar-refractivity contribution in [3.05, 3.63) is 88.4 Å². The molecule has 0 fully saturated rings. The van der Waals surface area contributed by atoms with Gasteiger partial charge in [-0.25, -0.2) is 9.18 Å². The summed E-state index contributed by atoms with van der Waals surface area (Å²) in [6, 6.07) is 13.5. The number of fused-ring (bicyclic) bond motifs is 1. The molecule has 1 heterocycles. The van der Waals surface area contributed by atoms with E-state index in [1.807, 2.05) is 0 Å². The Morgan fingerprint density at radius 3 is 2.50 bits per heavy atom. The van der Waals surface area contributed by atoms with Gasteiger partial charge < -0.3 is 18.9 Å². The van der Waals surface area contributed by atoms with Gasteiger partial charge in [0.1, 0.15) is 17.3 Å². The van der Waals surface area contributed by atoms with Gasteiger partial charge in [0.2, 0.25) is 5.78 Å². The molecule has 0 N–H and O–H groups in total. The number of ketones is 1. The van der Waals surface area contributed by atoms with Crippen LogP contribution in [-0.2, 0) is 0 Å². The average molecular weight is 434 g/mol. The number of para-hydroxylation sites is 1. The number of methoxy groups -OCH3 is 2. The topological polar surface area (TPSA) is 71.1 Å². The third-order valence-corrected chi connectivity index (χ3v) is 5.02. The van der Waals surface area contributed by atoms with Crippen molar-refractivity contribution in [1.29, 1.82) is 0 Å². The van der Waals surface area contributed by atoms with Gasteiger partial charge >= 0.3 is 5.97 Å². The predicted octanol–water partition coefficient (Wildman–Crippen LogP) is 4.99. The zero-order chi connectivity index (χ0) is 22.8. The highest BCUT2D eigenvalue weighted by molar-refractivity contribution is 6.15. The largest absolute Gasteiger partial charge is 0.493 e. The van der Waals surface area contributed by atoms with E-state index in [0.29, 0.717) is 33.9 Å². The van der Waals surface area contributed by atoms with E-state index in [4.69, 9.17) is 18.9 Å². The van der Waals surface area contributed by atoms with E-state index in [0.717, 1.165) is 6.07 Å². The van der Waals surface area contributed by atoms with Crippen molar-refractivity contribution in [1.82, 2.24) is 0 Å². The monoisotopic (exact) mass is 434 g/mol. The van der Waals surface area contributed by atoms with Gasteiger partial charge in [-0.2, -0.15) is 0 Å². The molecular formula is C25H19FO6. The summed E-state index contributed by atoms with van der Waals surface area (Å²) < 4.78 is 35.4. The number of ether oxygens (including phenoxy) is 4. The Labute approximate surface area is 183 Å². The minimum atomic E-state index is -0.714. The van der Waals surface area contributed by atoms with E-state index in [1.165, 1.54) is 44.6 Å². The molecule has 6 nitrogen and oxygen atoms in total.